The number of allylic oxidation sites excluding steroid dienone is 1. The molecule has 4 rings (SSSR count). The first-order chi connectivity index (χ1) is 17.1. The quantitative estimate of drug-likeness (QED) is 0.389. The fourth-order valence-electron chi connectivity index (χ4n) is 4.17. The highest BCUT2D eigenvalue weighted by Crippen LogP contribution is 2.38. The van der Waals surface area contributed by atoms with Crippen molar-refractivity contribution < 1.29 is 19.4 Å². The van der Waals surface area contributed by atoms with Crippen molar-refractivity contribution in [2.45, 2.75) is 25.8 Å². The molecule has 0 aliphatic carbocycles. The molecule has 0 radical (unpaired) electrons. The molecule has 1 N–H and O–H groups in total. The van der Waals surface area contributed by atoms with Crippen molar-refractivity contribution in [2.75, 3.05) is 13.2 Å². The van der Waals surface area contributed by atoms with E-state index in [1.54, 1.807) is 11.0 Å². The Morgan fingerprint density at radius 1 is 0.971 bits per heavy atom. The zero-order valence-electron chi connectivity index (χ0n) is 19.8. The van der Waals surface area contributed by atoms with Gasteiger partial charge in [0.25, 0.3) is 5.91 Å². The fourth-order valence-corrected chi connectivity index (χ4v) is 4.17. The van der Waals surface area contributed by atoms with Gasteiger partial charge < -0.3 is 14.7 Å². The molecule has 0 fully saturated rings. The van der Waals surface area contributed by atoms with Crippen molar-refractivity contribution in [1.29, 1.82) is 0 Å². The Morgan fingerprint density at radius 3 is 2.29 bits per heavy atom. The monoisotopic (exact) mass is 467 g/mol. The molecule has 1 heterocycles. The van der Waals surface area contributed by atoms with Gasteiger partial charge >= 0.3 is 0 Å². The zero-order valence-corrected chi connectivity index (χ0v) is 19.8. The van der Waals surface area contributed by atoms with Gasteiger partial charge in [-0.25, -0.2) is 0 Å². The van der Waals surface area contributed by atoms with E-state index in [0.29, 0.717) is 19.6 Å². The summed E-state index contributed by atoms with van der Waals surface area (Å²) in [6.45, 7) is 3.02. The minimum atomic E-state index is -0.681. The van der Waals surface area contributed by atoms with Crippen LogP contribution in [0.1, 0.15) is 36.1 Å². The maximum absolute atomic E-state index is 13.3. The summed E-state index contributed by atoms with van der Waals surface area (Å²) < 4.78 is 5.69. The Labute approximate surface area is 206 Å². The van der Waals surface area contributed by atoms with Crippen LogP contribution in [0.15, 0.2) is 102 Å². The lowest BCUT2D eigenvalue weighted by Gasteiger charge is -2.27. The summed E-state index contributed by atoms with van der Waals surface area (Å²) in [7, 11) is 0. The number of nitrogens with zero attached hydrogens (tertiary/aromatic N) is 1. The van der Waals surface area contributed by atoms with Crippen LogP contribution in [-0.2, 0) is 16.0 Å². The molecule has 0 bridgehead atoms. The van der Waals surface area contributed by atoms with Gasteiger partial charge in [0.05, 0.1) is 18.2 Å². The molecule has 1 aliphatic rings. The standard InChI is InChI=1S/C30H29NO4/c1-2-21-35-25-16-14-24(15-17-25)28-27(26(32)18-13-22-9-5-3-6-10-22)29(33)30(34)31(28)20-19-23-11-7-4-8-12-23/h3-18,28,33H,2,19-21H2,1H3/b18-13+. The van der Waals surface area contributed by atoms with Crippen LogP contribution in [0, 0.1) is 0 Å². The predicted octanol–water partition coefficient (Wildman–Crippen LogP) is 5.70. The molecule has 3 aromatic rings. The topological polar surface area (TPSA) is 66.8 Å². The molecule has 1 atom stereocenters. The van der Waals surface area contributed by atoms with Crippen LogP contribution in [-0.4, -0.2) is 34.8 Å². The van der Waals surface area contributed by atoms with Crippen molar-refractivity contribution in [2.24, 2.45) is 0 Å². The Bertz CT molecular complexity index is 1210. The van der Waals surface area contributed by atoms with Crippen LogP contribution >= 0.6 is 0 Å². The Morgan fingerprint density at radius 2 is 1.63 bits per heavy atom. The molecule has 178 valence electrons. The Kier molecular flexibility index (Phi) is 7.78. The van der Waals surface area contributed by atoms with Gasteiger partial charge in [0, 0.05) is 6.54 Å². The predicted molar refractivity (Wildman–Crippen MR) is 137 cm³/mol. The van der Waals surface area contributed by atoms with Crippen molar-refractivity contribution >= 4 is 17.8 Å². The van der Waals surface area contributed by atoms with Gasteiger partial charge in [-0.2, -0.15) is 0 Å². The molecule has 1 aliphatic heterocycles. The number of ether oxygens (including phenoxy) is 1. The summed E-state index contributed by atoms with van der Waals surface area (Å²) in [4.78, 5) is 28.0. The number of ketones is 1. The van der Waals surface area contributed by atoms with E-state index in [1.165, 1.54) is 6.08 Å². The van der Waals surface area contributed by atoms with E-state index in [4.69, 9.17) is 4.74 Å². The lowest BCUT2D eigenvalue weighted by molar-refractivity contribution is -0.129. The summed E-state index contributed by atoms with van der Waals surface area (Å²) in [5, 5.41) is 10.8. The first-order valence-electron chi connectivity index (χ1n) is 11.9. The third-order valence-corrected chi connectivity index (χ3v) is 5.95. The first-order valence-corrected chi connectivity index (χ1v) is 11.9. The Balaban J connectivity index is 1.64. The lowest BCUT2D eigenvalue weighted by atomic mass is 9.95. The number of carbonyl (C=O) groups is 2. The SMILES string of the molecule is CCCOc1ccc(C2C(C(=O)/C=C/c3ccccc3)=C(O)C(=O)N2CCc2ccccc2)cc1. The molecule has 0 aromatic heterocycles. The number of rotatable bonds is 10. The van der Waals surface area contributed by atoms with Crippen LogP contribution in [0.25, 0.3) is 6.08 Å². The van der Waals surface area contributed by atoms with Crippen molar-refractivity contribution in [3.8, 4) is 5.75 Å². The van der Waals surface area contributed by atoms with Crippen LogP contribution in [0.4, 0.5) is 0 Å². The van der Waals surface area contributed by atoms with Crippen molar-refractivity contribution in [1.82, 2.24) is 4.90 Å². The molecule has 1 unspecified atom stereocenters. The number of aliphatic hydroxyl groups is 1. The second-order valence-corrected chi connectivity index (χ2v) is 8.42. The maximum Gasteiger partial charge on any atom is 0.290 e. The third-order valence-electron chi connectivity index (χ3n) is 5.95. The van der Waals surface area contributed by atoms with Gasteiger partial charge in [-0.1, -0.05) is 85.8 Å². The average molecular weight is 468 g/mol. The number of benzene rings is 3. The number of hydrogen-bond acceptors (Lipinski definition) is 4. The minimum absolute atomic E-state index is 0.0949. The van der Waals surface area contributed by atoms with E-state index in [1.807, 2.05) is 91.9 Å². The fraction of sp³-hybridized carbons (Fsp3) is 0.200. The third kappa shape index (κ3) is 5.69. The smallest absolute Gasteiger partial charge is 0.290 e. The minimum Gasteiger partial charge on any atom is -0.503 e. The number of hydrogen-bond donors (Lipinski definition) is 1. The highest BCUT2D eigenvalue weighted by atomic mass is 16.5. The van der Waals surface area contributed by atoms with E-state index in [0.717, 1.165) is 28.9 Å². The first kappa shape index (κ1) is 24.0. The largest absolute Gasteiger partial charge is 0.503 e. The number of aliphatic hydroxyl groups excluding tert-OH is 1. The van der Waals surface area contributed by atoms with Crippen LogP contribution in [0.3, 0.4) is 0 Å². The summed E-state index contributed by atoms with van der Waals surface area (Å²) in [5.74, 6) is -0.690. The summed E-state index contributed by atoms with van der Waals surface area (Å²) in [5.41, 5.74) is 2.78. The summed E-state index contributed by atoms with van der Waals surface area (Å²) >= 11 is 0. The van der Waals surface area contributed by atoms with Gasteiger partial charge in [-0.05, 0) is 47.7 Å². The average Bonchev–Trinajstić information content (AvgIpc) is 3.16. The molecular formula is C30H29NO4. The molecule has 0 saturated heterocycles. The maximum atomic E-state index is 13.3. The molecule has 3 aromatic carbocycles. The molecule has 5 heteroatoms. The second-order valence-electron chi connectivity index (χ2n) is 8.42. The molecule has 5 nitrogen and oxygen atoms in total. The highest BCUT2D eigenvalue weighted by Gasteiger charge is 2.42. The van der Waals surface area contributed by atoms with Gasteiger partial charge in [-0.15, -0.1) is 0 Å². The van der Waals surface area contributed by atoms with Gasteiger partial charge in [0.15, 0.2) is 11.5 Å². The summed E-state index contributed by atoms with van der Waals surface area (Å²) in [6, 6.07) is 26.0. The van der Waals surface area contributed by atoms with Gasteiger partial charge in [0.1, 0.15) is 5.75 Å². The van der Waals surface area contributed by atoms with Crippen LogP contribution in [0.5, 0.6) is 5.75 Å². The van der Waals surface area contributed by atoms with E-state index in [2.05, 4.69) is 0 Å². The Hall–Kier alpha value is -4.12. The zero-order chi connectivity index (χ0) is 24.6. The molecule has 35 heavy (non-hydrogen) atoms. The van der Waals surface area contributed by atoms with E-state index < -0.39 is 23.5 Å². The molecule has 0 saturated carbocycles. The lowest BCUT2D eigenvalue weighted by Crippen LogP contribution is -2.33. The van der Waals surface area contributed by atoms with Crippen LogP contribution in [0.2, 0.25) is 0 Å². The van der Waals surface area contributed by atoms with Crippen molar-refractivity contribution in [3.63, 3.8) is 0 Å². The molecule has 1 amide bonds. The van der Waals surface area contributed by atoms with Crippen molar-refractivity contribution in [3.05, 3.63) is 119 Å². The van der Waals surface area contributed by atoms with Gasteiger partial charge in [0.2, 0.25) is 0 Å². The molecule has 0 spiro atoms. The van der Waals surface area contributed by atoms with E-state index in [-0.39, 0.29) is 5.57 Å². The summed E-state index contributed by atoms with van der Waals surface area (Å²) in [6.07, 6.45) is 4.61. The van der Waals surface area contributed by atoms with Crippen LogP contribution < -0.4 is 4.74 Å². The number of carbonyl (C=O) groups excluding carboxylic acids is 2. The van der Waals surface area contributed by atoms with Gasteiger partial charge in [-0.3, -0.25) is 9.59 Å². The molecular weight excluding hydrogens is 438 g/mol. The van der Waals surface area contributed by atoms with E-state index >= 15 is 0 Å². The number of amides is 1. The van der Waals surface area contributed by atoms with E-state index in [9.17, 15) is 14.7 Å². The second kappa shape index (κ2) is 11.3. The normalized spacial score (nSPS) is 15.7. The highest BCUT2D eigenvalue weighted by molar-refractivity contribution is 6.14.